The fourth-order valence-corrected chi connectivity index (χ4v) is 2.29. The van der Waals surface area contributed by atoms with E-state index in [1.54, 1.807) is 0 Å². The number of rotatable bonds is 4. The van der Waals surface area contributed by atoms with Crippen LogP contribution >= 0.6 is 0 Å². The molecule has 2 nitrogen and oxygen atoms in total. The molecule has 0 aromatic heterocycles. The highest BCUT2D eigenvalue weighted by Gasteiger charge is 2.22. The predicted molar refractivity (Wildman–Crippen MR) is 69.0 cm³/mol. The molecule has 0 N–H and O–H groups in total. The number of ketones is 1. The van der Waals surface area contributed by atoms with Gasteiger partial charge in [-0.15, -0.1) is 0 Å². The summed E-state index contributed by atoms with van der Waals surface area (Å²) >= 11 is 0. The van der Waals surface area contributed by atoms with Gasteiger partial charge in [0.15, 0.2) is 5.78 Å². The zero-order chi connectivity index (χ0) is 13.0. The topological polar surface area (TPSA) is 40.9 Å². The number of aryl methyl sites for hydroxylation is 3. The molecule has 1 rings (SSSR count). The van der Waals surface area contributed by atoms with E-state index >= 15 is 0 Å². The van der Waals surface area contributed by atoms with Crippen molar-refractivity contribution in [1.29, 1.82) is 5.26 Å². The van der Waals surface area contributed by atoms with Crippen LogP contribution in [0.3, 0.4) is 0 Å². The Kier molecular flexibility index (Phi) is 4.45. The third kappa shape index (κ3) is 2.94. The minimum atomic E-state index is -0.500. The van der Waals surface area contributed by atoms with Crippen LogP contribution in [0.25, 0.3) is 0 Å². The second-order valence-corrected chi connectivity index (χ2v) is 4.61. The van der Waals surface area contributed by atoms with E-state index in [9.17, 15) is 4.79 Å². The highest BCUT2D eigenvalue weighted by atomic mass is 16.1. The molecule has 0 bridgehead atoms. The minimum Gasteiger partial charge on any atom is -0.293 e. The number of carbonyl (C=O) groups excluding carboxylic acids is 1. The lowest BCUT2D eigenvalue weighted by Crippen LogP contribution is -2.15. The Labute approximate surface area is 103 Å². The zero-order valence-electron chi connectivity index (χ0n) is 11.0. The first-order chi connectivity index (χ1) is 8.01. The summed E-state index contributed by atoms with van der Waals surface area (Å²) in [4.78, 5) is 12.3. The number of hydrogen-bond acceptors (Lipinski definition) is 2. The smallest absolute Gasteiger partial charge is 0.180 e. The van der Waals surface area contributed by atoms with E-state index in [1.165, 1.54) is 0 Å². The van der Waals surface area contributed by atoms with E-state index < -0.39 is 5.92 Å². The zero-order valence-corrected chi connectivity index (χ0v) is 11.0. The summed E-state index contributed by atoms with van der Waals surface area (Å²) in [6.07, 6.45) is 1.50. The lowest BCUT2D eigenvalue weighted by atomic mass is 9.88. The van der Waals surface area contributed by atoms with Gasteiger partial charge in [-0.2, -0.15) is 5.26 Å². The molecule has 1 unspecified atom stereocenters. The van der Waals surface area contributed by atoms with Crippen LogP contribution in [0, 0.1) is 38.0 Å². The van der Waals surface area contributed by atoms with Crippen molar-refractivity contribution in [3.05, 3.63) is 34.4 Å². The summed E-state index contributed by atoms with van der Waals surface area (Å²) in [6, 6.07) is 6.12. The fraction of sp³-hybridized carbons (Fsp3) is 0.467. The van der Waals surface area contributed by atoms with Crippen LogP contribution in [0.15, 0.2) is 12.1 Å². The monoisotopic (exact) mass is 229 g/mol. The summed E-state index contributed by atoms with van der Waals surface area (Å²) in [5.74, 6) is -0.524. The Morgan fingerprint density at radius 2 is 1.82 bits per heavy atom. The van der Waals surface area contributed by atoms with Crippen molar-refractivity contribution in [2.45, 2.75) is 40.5 Å². The number of carbonyl (C=O) groups is 1. The van der Waals surface area contributed by atoms with Gasteiger partial charge in [-0.1, -0.05) is 31.0 Å². The molecule has 0 aliphatic carbocycles. The average molecular weight is 229 g/mol. The molecule has 0 spiro atoms. The SMILES string of the molecule is CCCC(C#N)C(=O)c1c(C)cc(C)cc1C. The Hall–Kier alpha value is -1.62. The summed E-state index contributed by atoms with van der Waals surface area (Å²) in [6.45, 7) is 7.88. The van der Waals surface area contributed by atoms with Gasteiger partial charge in [-0.3, -0.25) is 4.79 Å². The van der Waals surface area contributed by atoms with E-state index in [0.717, 1.165) is 28.7 Å². The Balaban J connectivity index is 3.17. The van der Waals surface area contributed by atoms with Gasteiger partial charge >= 0.3 is 0 Å². The first-order valence-electron chi connectivity index (χ1n) is 6.03. The Morgan fingerprint density at radius 3 is 2.24 bits per heavy atom. The quantitative estimate of drug-likeness (QED) is 0.738. The number of nitriles is 1. The molecular weight excluding hydrogens is 210 g/mol. The molecule has 0 aliphatic rings. The second kappa shape index (κ2) is 5.63. The normalized spacial score (nSPS) is 11.9. The maximum atomic E-state index is 12.3. The van der Waals surface area contributed by atoms with Crippen LogP contribution in [0.5, 0.6) is 0 Å². The van der Waals surface area contributed by atoms with Crippen molar-refractivity contribution in [3.8, 4) is 6.07 Å². The number of Topliss-reactive ketones (excluding diaryl/α,β-unsaturated/α-hetero) is 1. The van der Waals surface area contributed by atoms with E-state index in [-0.39, 0.29) is 5.78 Å². The first kappa shape index (κ1) is 13.4. The molecule has 90 valence electrons. The Bertz CT molecular complexity index is 445. The molecule has 0 aliphatic heterocycles. The standard InChI is InChI=1S/C15H19NO/c1-5-6-13(9-16)15(17)14-11(3)7-10(2)8-12(14)4/h7-8,13H,5-6H2,1-4H3. The van der Waals surface area contributed by atoms with E-state index in [0.29, 0.717) is 6.42 Å². The third-order valence-corrected chi connectivity index (χ3v) is 2.97. The average Bonchev–Trinajstić information content (AvgIpc) is 2.24. The predicted octanol–water partition coefficient (Wildman–Crippen LogP) is 3.73. The van der Waals surface area contributed by atoms with Gasteiger partial charge in [-0.05, 0) is 38.3 Å². The van der Waals surface area contributed by atoms with Gasteiger partial charge < -0.3 is 0 Å². The maximum Gasteiger partial charge on any atom is 0.180 e. The lowest BCUT2D eigenvalue weighted by Gasteiger charge is -2.13. The van der Waals surface area contributed by atoms with Crippen LogP contribution in [0.2, 0.25) is 0 Å². The van der Waals surface area contributed by atoms with Gasteiger partial charge in [0.05, 0.1) is 6.07 Å². The van der Waals surface area contributed by atoms with Gasteiger partial charge in [0.1, 0.15) is 5.92 Å². The molecule has 17 heavy (non-hydrogen) atoms. The highest BCUT2D eigenvalue weighted by molar-refractivity contribution is 6.01. The highest BCUT2D eigenvalue weighted by Crippen LogP contribution is 2.21. The van der Waals surface area contributed by atoms with E-state index in [2.05, 4.69) is 6.07 Å². The van der Waals surface area contributed by atoms with Gasteiger partial charge in [-0.25, -0.2) is 0 Å². The first-order valence-corrected chi connectivity index (χ1v) is 6.03. The molecule has 1 aromatic rings. The van der Waals surface area contributed by atoms with Crippen LogP contribution in [0.4, 0.5) is 0 Å². The van der Waals surface area contributed by atoms with Crippen molar-refractivity contribution in [2.75, 3.05) is 0 Å². The molecule has 2 heteroatoms. The van der Waals surface area contributed by atoms with E-state index in [4.69, 9.17) is 5.26 Å². The molecule has 0 radical (unpaired) electrons. The van der Waals surface area contributed by atoms with Gasteiger partial charge in [0, 0.05) is 5.56 Å². The summed E-state index contributed by atoms with van der Waals surface area (Å²) in [5, 5.41) is 9.05. The molecule has 1 aromatic carbocycles. The number of benzene rings is 1. The maximum absolute atomic E-state index is 12.3. The van der Waals surface area contributed by atoms with Gasteiger partial charge in [0.25, 0.3) is 0 Å². The summed E-state index contributed by atoms with van der Waals surface area (Å²) in [5.41, 5.74) is 3.84. The molecule has 0 fully saturated rings. The van der Waals surface area contributed by atoms with Gasteiger partial charge in [0.2, 0.25) is 0 Å². The summed E-state index contributed by atoms with van der Waals surface area (Å²) in [7, 11) is 0. The van der Waals surface area contributed by atoms with Crippen molar-refractivity contribution in [1.82, 2.24) is 0 Å². The third-order valence-electron chi connectivity index (χ3n) is 2.97. The summed E-state index contributed by atoms with van der Waals surface area (Å²) < 4.78 is 0. The second-order valence-electron chi connectivity index (χ2n) is 4.61. The van der Waals surface area contributed by atoms with Crippen molar-refractivity contribution in [3.63, 3.8) is 0 Å². The molecule has 0 saturated heterocycles. The van der Waals surface area contributed by atoms with Crippen molar-refractivity contribution < 1.29 is 4.79 Å². The molecule has 1 atom stereocenters. The molecule has 0 saturated carbocycles. The molecular formula is C15H19NO. The van der Waals surface area contributed by atoms with E-state index in [1.807, 2.05) is 39.8 Å². The van der Waals surface area contributed by atoms with Crippen LogP contribution in [-0.4, -0.2) is 5.78 Å². The minimum absolute atomic E-state index is 0.0237. The molecule has 0 heterocycles. The lowest BCUT2D eigenvalue weighted by molar-refractivity contribution is 0.0942. The van der Waals surface area contributed by atoms with Crippen molar-refractivity contribution >= 4 is 5.78 Å². The fourth-order valence-electron chi connectivity index (χ4n) is 2.29. The Morgan fingerprint density at radius 1 is 1.29 bits per heavy atom. The van der Waals surface area contributed by atoms with Crippen LogP contribution in [0.1, 0.15) is 46.8 Å². The number of hydrogen-bond donors (Lipinski definition) is 0. The number of nitrogens with zero attached hydrogens (tertiary/aromatic N) is 1. The van der Waals surface area contributed by atoms with Crippen molar-refractivity contribution in [2.24, 2.45) is 5.92 Å². The molecule has 0 amide bonds. The largest absolute Gasteiger partial charge is 0.293 e. The van der Waals surface area contributed by atoms with Crippen LogP contribution in [-0.2, 0) is 0 Å². The van der Waals surface area contributed by atoms with Crippen LogP contribution < -0.4 is 0 Å².